The van der Waals surface area contributed by atoms with Crippen LogP contribution < -0.4 is 0 Å². The van der Waals surface area contributed by atoms with E-state index in [1.807, 2.05) is 0 Å². The van der Waals surface area contributed by atoms with E-state index in [2.05, 4.69) is 6.92 Å². The topological polar surface area (TPSA) is 66.8 Å². The molecule has 0 spiro atoms. The molecule has 2 saturated carbocycles. The van der Waals surface area contributed by atoms with Gasteiger partial charge in [0.1, 0.15) is 6.10 Å². The van der Waals surface area contributed by atoms with Gasteiger partial charge in [0.25, 0.3) is 0 Å². The molecule has 130 valence electrons. The SMILES string of the molecule is CC(=O)OC1CCC2C3CCc4cc(O)c(O)cc4C3CCC12C. The van der Waals surface area contributed by atoms with Crippen LogP contribution in [-0.4, -0.2) is 22.3 Å². The van der Waals surface area contributed by atoms with E-state index in [0.29, 0.717) is 17.8 Å². The van der Waals surface area contributed by atoms with Gasteiger partial charge < -0.3 is 14.9 Å². The first kappa shape index (κ1) is 15.8. The molecule has 0 aromatic heterocycles. The highest BCUT2D eigenvalue weighted by molar-refractivity contribution is 5.66. The summed E-state index contributed by atoms with van der Waals surface area (Å²) >= 11 is 0. The molecule has 0 amide bonds. The summed E-state index contributed by atoms with van der Waals surface area (Å²) in [5, 5.41) is 19.7. The van der Waals surface area contributed by atoms with E-state index in [1.54, 1.807) is 12.1 Å². The van der Waals surface area contributed by atoms with Gasteiger partial charge in [-0.15, -0.1) is 0 Å². The third kappa shape index (κ3) is 2.22. The predicted octanol–water partition coefficient (Wildman–Crippen LogP) is 3.89. The van der Waals surface area contributed by atoms with Crippen molar-refractivity contribution in [3.8, 4) is 11.5 Å². The smallest absolute Gasteiger partial charge is 0.302 e. The summed E-state index contributed by atoms with van der Waals surface area (Å²) in [5.41, 5.74) is 2.49. The maximum absolute atomic E-state index is 11.5. The number of hydrogen-bond acceptors (Lipinski definition) is 4. The lowest BCUT2D eigenvalue weighted by atomic mass is 9.55. The minimum Gasteiger partial charge on any atom is -0.504 e. The van der Waals surface area contributed by atoms with Crippen LogP contribution in [0.3, 0.4) is 0 Å². The normalized spacial score (nSPS) is 37.2. The van der Waals surface area contributed by atoms with Crippen molar-refractivity contribution in [3.05, 3.63) is 23.3 Å². The van der Waals surface area contributed by atoms with Crippen LogP contribution in [0.25, 0.3) is 0 Å². The number of aryl methyl sites for hydroxylation is 1. The van der Waals surface area contributed by atoms with Crippen molar-refractivity contribution in [2.24, 2.45) is 17.3 Å². The standard InChI is InChI=1S/C20H26O4/c1-11(21)24-19-6-5-16-14-4-3-12-9-17(22)18(23)10-15(12)13(14)7-8-20(16,19)2/h9-10,13-14,16,19,22-23H,3-8H2,1-2H3. The highest BCUT2D eigenvalue weighted by Crippen LogP contribution is 2.61. The fourth-order valence-electron chi connectivity index (χ4n) is 5.94. The molecule has 4 rings (SSSR count). The van der Waals surface area contributed by atoms with Crippen molar-refractivity contribution >= 4 is 5.97 Å². The number of esters is 1. The molecule has 3 aliphatic rings. The van der Waals surface area contributed by atoms with E-state index in [9.17, 15) is 15.0 Å². The van der Waals surface area contributed by atoms with Crippen LogP contribution in [0.5, 0.6) is 11.5 Å². The molecule has 5 unspecified atom stereocenters. The van der Waals surface area contributed by atoms with Crippen LogP contribution in [0.4, 0.5) is 0 Å². The van der Waals surface area contributed by atoms with Crippen LogP contribution in [0, 0.1) is 17.3 Å². The van der Waals surface area contributed by atoms with Crippen LogP contribution in [-0.2, 0) is 16.0 Å². The first-order valence-corrected chi connectivity index (χ1v) is 9.12. The first-order valence-electron chi connectivity index (χ1n) is 9.12. The number of carbonyl (C=O) groups is 1. The van der Waals surface area contributed by atoms with Crippen molar-refractivity contribution < 1.29 is 19.7 Å². The van der Waals surface area contributed by atoms with Crippen molar-refractivity contribution in [1.82, 2.24) is 0 Å². The molecular weight excluding hydrogens is 304 g/mol. The Bertz CT molecular complexity index is 682. The summed E-state index contributed by atoms with van der Waals surface area (Å²) in [6.45, 7) is 3.81. The second-order valence-corrected chi connectivity index (χ2v) is 8.18. The number of phenols is 2. The lowest BCUT2D eigenvalue weighted by Crippen LogP contribution is -2.45. The van der Waals surface area contributed by atoms with Gasteiger partial charge in [-0.3, -0.25) is 4.79 Å². The highest BCUT2D eigenvalue weighted by atomic mass is 16.5. The van der Waals surface area contributed by atoms with Gasteiger partial charge >= 0.3 is 5.97 Å². The summed E-state index contributed by atoms with van der Waals surface area (Å²) in [6, 6.07) is 3.52. The van der Waals surface area contributed by atoms with Gasteiger partial charge in [-0.1, -0.05) is 6.92 Å². The molecule has 4 nitrogen and oxygen atoms in total. The molecule has 1 aromatic rings. The Morgan fingerprint density at radius 3 is 2.67 bits per heavy atom. The number of benzene rings is 1. The molecule has 4 heteroatoms. The van der Waals surface area contributed by atoms with E-state index >= 15 is 0 Å². The molecule has 5 atom stereocenters. The molecular formula is C20H26O4. The molecule has 0 aliphatic heterocycles. The Balaban J connectivity index is 1.65. The number of phenolic OH excluding ortho intramolecular Hbond substituents is 2. The second-order valence-electron chi connectivity index (χ2n) is 8.18. The van der Waals surface area contributed by atoms with Crippen LogP contribution >= 0.6 is 0 Å². The van der Waals surface area contributed by atoms with Gasteiger partial charge in [-0.2, -0.15) is 0 Å². The van der Waals surface area contributed by atoms with Crippen molar-refractivity contribution in [2.45, 2.75) is 64.4 Å². The van der Waals surface area contributed by atoms with Gasteiger partial charge in [0.05, 0.1) is 0 Å². The summed E-state index contributed by atoms with van der Waals surface area (Å²) < 4.78 is 5.66. The molecule has 0 saturated heterocycles. The molecule has 0 bridgehead atoms. The molecule has 2 N–H and O–H groups in total. The van der Waals surface area contributed by atoms with Gasteiger partial charge in [0.2, 0.25) is 0 Å². The van der Waals surface area contributed by atoms with Gasteiger partial charge in [-0.25, -0.2) is 0 Å². The summed E-state index contributed by atoms with van der Waals surface area (Å²) in [5.74, 6) is 1.42. The maximum Gasteiger partial charge on any atom is 0.302 e. The van der Waals surface area contributed by atoms with Gasteiger partial charge in [-0.05, 0) is 79.5 Å². The highest BCUT2D eigenvalue weighted by Gasteiger charge is 2.56. The Morgan fingerprint density at radius 2 is 1.92 bits per heavy atom. The molecule has 1 aromatic carbocycles. The lowest BCUT2D eigenvalue weighted by Gasteiger charge is -2.50. The predicted molar refractivity (Wildman–Crippen MR) is 89.9 cm³/mol. The Labute approximate surface area is 142 Å². The fourth-order valence-corrected chi connectivity index (χ4v) is 5.94. The van der Waals surface area contributed by atoms with E-state index in [1.165, 1.54) is 18.1 Å². The zero-order valence-electron chi connectivity index (χ0n) is 14.4. The molecule has 3 aliphatic carbocycles. The number of hydrogen-bond donors (Lipinski definition) is 2. The molecule has 0 radical (unpaired) electrons. The van der Waals surface area contributed by atoms with Gasteiger partial charge in [0.15, 0.2) is 11.5 Å². The summed E-state index contributed by atoms with van der Waals surface area (Å²) in [7, 11) is 0. The van der Waals surface area contributed by atoms with Crippen LogP contribution in [0.15, 0.2) is 12.1 Å². The number of aromatic hydroxyl groups is 2. The minimum absolute atomic E-state index is 0.00746. The van der Waals surface area contributed by atoms with Crippen molar-refractivity contribution in [1.29, 1.82) is 0 Å². The number of ether oxygens (including phenoxy) is 1. The van der Waals surface area contributed by atoms with Crippen LogP contribution in [0.2, 0.25) is 0 Å². The minimum atomic E-state index is -0.168. The average Bonchev–Trinajstić information content (AvgIpc) is 2.85. The van der Waals surface area contributed by atoms with Gasteiger partial charge in [0, 0.05) is 12.3 Å². The second kappa shape index (κ2) is 5.40. The molecule has 0 heterocycles. The van der Waals surface area contributed by atoms with Crippen LogP contribution in [0.1, 0.15) is 63.0 Å². The van der Waals surface area contributed by atoms with E-state index < -0.39 is 0 Å². The zero-order valence-corrected chi connectivity index (χ0v) is 14.4. The van der Waals surface area contributed by atoms with E-state index in [4.69, 9.17) is 4.74 Å². The largest absolute Gasteiger partial charge is 0.504 e. The summed E-state index contributed by atoms with van der Waals surface area (Å²) in [4.78, 5) is 11.5. The number of carbonyl (C=O) groups excluding carboxylic acids is 1. The average molecular weight is 330 g/mol. The third-order valence-corrected chi connectivity index (χ3v) is 7.04. The third-order valence-electron chi connectivity index (χ3n) is 7.04. The monoisotopic (exact) mass is 330 g/mol. The molecule has 24 heavy (non-hydrogen) atoms. The number of rotatable bonds is 1. The van der Waals surface area contributed by atoms with Crippen molar-refractivity contribution in [2.75, 3.05) is 0 Å². The fraction of sp³-hybridized carbons (Fsp3) is 0.650. The summed E-state index contributed by atoms with van der Waals surface area (Å²) in [6.07, 6.45) is 6.33. The quantitative estimate of drug-likeness (QED) is 0.606. The first-order chi connectivity index (χ1) is 11.4. The number of fused-ring (bicyclic) bond motifs is 5. The maximum atomic E-state index is 11.5. The Morgan fingerprint density at radius 1 is 1.17 bits per heavy atom. The van der Waals surface area contributed by atoms with E-state index in [-0.39, 0.29) is 29.0 Å². The lowest BCUT2D eigenvalue weighted by molar-refractivity contribution is -0.154. The van der Waals surface area contributed by atoms with E-state index in [0.717, 1.165) is 38.5 Å². The Hall–Kier alpha value is -1.71. The Kier molecular flexibility index (Phi) is 3.55. The van der Waals surface area contributed by atoms with Crippen molar-refractivity contribution in [3.63, 3.8) is 0 Å². The zero-order chi connectivity index (χ0) is 17.1. The molecule has 2 fully saturated rings.